The Kier molecular flexibility index (Phi) is 5.43. The average Bonchev–Trinajstić information content (AvgIpc) is 3.15. The summed E-state index contributed by atoms with van der Waals surface area (Å²) >= 11 is 0. The summed E-state index contributed by atoms with van der Waals surface area (Å²) < 4.78 is 0. The molecule has 22 heavy (non-hydrogen) atoms. The third kappa shape index (κ3) is 4.47. The van der Waals surface area contributed by atoms with Gasteiger partial charge in [-0.05, 0) is 50.0 Å². The van der Waals surface area contributed by atoms with E-state index < -0.39 is 0 Å². The van der Waals surface area contributed by atoms with Crippen LogP contribution in [0.4, 0.5) is 0 Å². The zero-order chi connectivity index (χ0) is 15.5. The summed E-state index contributed by atoms with van der Waals surface area (Å²) in [7, 11) is 0. The maximum absolute atomic E-state index is 12.4. The zero-order valence-electron chi connectivity index (χ0n) is 14.5. The molecule has 126 valence electrons. The Morgan fingerprint density at radius 2 is 1.77 bits per heavy atom. The predicted molar refractivity (Wildman–Crippen MR) is 90.6 cm³/mol. The monoisotopic (exact) mass is 306 g/mol. The van der Waals surface area contributed by atoms with E-state index in [-0.39, 0.29) is 5.92 Å². The van der Waals surface area contributed by atoms with Gasteiger partial charge in [0.15, 0.2) is 0 Å². The Morgan fingerprint density at radius 1 is 1.05 bits per heavy atom. The van der Waals surface area contributed by atoms with Gasteiger partial charge in [0, 0.05) is 25.0 Å². The van der Waals surface area contributed by atoms with E-state index in [9.17, 15) is 4.79 Å². The first-order chi connectivity index (χ1) is 10.6. The highest BCUT2D eigenvalue weighted by Crippen LogP contribution is 2.38. The van der Waals surface area contributed by atoms with Crippen LogP contribution >= 0.6 is 0 Å². The fourth-order valence-electron chi connectivity index (χ4n) is 4.44. The van der Waals surface area contributed by atoms with E-state index in [1.807, 2.05) is 13.8 Å². The molecular formula is C19H34N2O. The number of nitrogens with one attached hydrogen (secondary N) is 1. The van der Waals surface area contributed by atoms with Crippen LogP contribution in [0.2, 0.25) is 0 Å². The number of piperidine rings is 1. The molecule has 3 rings (SSSR count). The largest absolute Gasteiger partial charge is 0.341 e. The van der Waals surface area contributed by atoms with Crippen molar-refractivity contribution >= 4 is 5.91 Å². The Labute approximate surface area is 136 Å². The molecular weight excluding hydrogens is 272 g/mol. The summed E-state index contributed by atoms with van der Waals surface area (Å²) in [6.45, 7) is 7.19. The summed E-state index contributed by atoms with van der Waals surface area (Å²) in [6.07, 6.45) is 11.1. The molecule has 0 spiro atoms. The quantitative estimate of drug-likeness (QED) is 0.815. The van der Waals surface area contributed by atoms with Gasteiger partial charge in [0.1, 0.15) is 0 Å². The fraction of sp³-hybridized carbons (Fsp3) is 0.947. The van der Waals surface area contributed by atoms with E-state index in [0.29, 0.717) is 11.9 Å². The third-order valence-electron chi connectivity index (χ3n) is 5.88. The van der Waals surface area contributed by atoms with Crippen LogP contribution < -0.4 is 5.32 Å². The fourth-order valence-corrected chi connectivity index (χ4v) is 4.44. The minimum absolute atomic E-state index is 0.134. The van der Waals surface area contributed by atoms with Gasteiger partial charge in [-0.1, -0.05) is 39.5 Å². The molecule has 3 aliphatic rings. The Bertz CT molecular complexity index is 372. The normalized spacial score (nSPS) is 30.2. The number of carbonyl (C=O) groups excluding carboxylic acids is 1. The molecule has 1 N–H and O–H groups in total. The van der Waals surface area contributed by atoms with Gasteiger partial charge in [0.25, 0.3) is 0 Å². The number of hydrogen-bond acceptors (Lipinski definition) is 2. The molecule has 2 atom stereocenters. The predicted octanol–water partition coefficient (Wildman–Crippen LogP) is 3.44. The van der Waals surface area contributed by atoms with Crippen LogP contribution in [0.5, 0.6) is 0 Å². The molecule has 0 aromatic heterocycles. The van der Waals surface area contributed by atoms with Crippen molar-refractivity contribution in [3.63, 3.8) is 0 Å². The van der Waals surface area contributed by atoms with Crippen molar-refractivity contribution in [3.05, 3.63) is 0 Å². The van der Waals surface area contributed by atoms with Crippen LogP contribution in [-0.2, 0) is 4.79 Å². The van der Waals surface area contributed by atoms with Crippen LogP contribution in [0.1, 0.15) is 65.2 Å². The van der Waals surface area contributed by atoms with Gasteiger partial charge in [-0.3, -0.25) is 4.79 Å². The molecule has 3 fully saturated rings. The molecule has 0 aromatic carbocycles. The Balaban J connectivity index is 1.53. The number of likely N-dealkylation sites (tertiary alicyclic amines) is 1. The molecule has 3 heteroatoms. The second kappa shape index (κ2) is 7.33. The minimum Gasteiger partial charge on any atom is -0.341 e. The van der Waals surface area contributed by atoms with Gasteiger partial charge in [-0.2, -0.15) is 0 Å². The lowest BCUT2D eigenvalue weighted by molar-refractivity contribution is -0.137. The van der Waals surface area contributed by atoms with E-state index in [4.69, 9.17) is 0 Å². The smallest absolute Gasteiger partial charge is 0.225 e. The standard InChI is InChI=1S/C19H34N2O/c1-14(2)19(22)21-12-17(9-15-7-8-15)10-18(13-21)20-11-16-5-3-4-6-16/h14-18,20H,3-13H2,1-2H3. The van der Waals surface area contributed by atoms with Crippen molar-refractivity contribution < 1.29 is 4.79 Å². The lowest BCUT2D eigenvalue weighted by Crippen LogP contribution is -2.52. The summed E-state index contributed by atoms with van der Waals surface area (Å²) in [5.74, 6) is 3.07. The van der Waals surface area contributed by atoms with Gasteiger partial charge in [-0.25, -0.2) is 0 Å². The second-order valence-electron chi connectivity index (χ2n) is 8.43. The lowest BCUT2D eigenvalue weighted by Gasteiger charge is -2.39. The van der Waals surface area contributed by atoms with Crippen molar-refractivity contribution in [1.29, 1.82) is 0 Å². The highest BCUT2D eigenvalue weighted by Gasteiger charge is 2.34. The summed E-state index contributed by atoms with van der Waals surface area (Å²) in [4.78, 5) is 14.6. The van der Waals surface area contributed by atoms with Crippen molar-refractivity contribution in [3.8, 4) is 0 Å². The van der Waals surface area contributed by atoms with Gasteiger partial charge < -0.3 is 10.2 Å². The summed E-state index contributed by atoms with van der Waals surface area (Å²) in [6, 6.07) is 0.529. The first-order valence-corrected chi connectivity index (χ1v) is 9.64. The van der Waals surface area contributed by atoms with Crippen LogP contribution in [0, 0.1) is 23.7 Å². The molecule has 1 amide bonds. The first kappa shape index (κ1) is 16.3. The molecule has 2 saturated carbocycles. The molecule has 0 radical (unpaired) electrons. The number of hydrogen-bond donors (Lipinski definition) is 1. The first-order valence-electron chi connectivity index (χ1n) is 9.64. The van der Waals surface area contributed by atoms with E-state index in [1.165, 1.54) is 57.9 Å². The van der Waals surface area contributed by atoms with E-state index >= 15 is 0 Å². The number of nitrogens with zero attached hydrogens (tertiary/aromatic N) is 1. The van der Waals surface area contributed by atoms with Crippen LogP contribution in [0.15, 0.2) is 0 Å². The van der Waals surface area contributed by atoms with Crippen LogP contribution in [0.25, 0.3) is 0 Å². The Morgan fingerprint density at radius 3 is 2.41 bits per heavy atom. The van der Waals surface area contributed by atoms with Crippen LogP contribution in [-0.4, -0.2) is 36.5 Å². The molecule has 1 aliphatic heterocycles. The van der Waals surface area contributed by atoms with E-state index in [2.05, 4.69) is 10.2 Å². The van der Waals surface area contributed by atoms with Gasteiger partial charge >= 0.3 is 0 Å². The highest BCUT2D eigenvalue weighted by atomic mass is 16.2. The molecule has 1 saturated heterocycles. The van der Waals surface area contributed by atoms with Crippen LogP contribution in [0.3, 0.4) is 0 Å². The van der Waals surface area contributed by atoms with Crippen molar-refractivity contribution in [2.75, 3.05) is 19.6 Å². The maximum atomic E-state index is 12.4. The number of amides is 1. The third-order valence-corrected chi connectivity index (χ3v) is 5.88. The van der Waals surface area contributed by atoms with Crippen molar-refractivity contribution in [2.45, 2.75) is 71.3 Å². The summed E-state index contributed by atoms with van der Waals surface area (Å²) in [5.41, 5.74) is 0. The van der Waals surface area contributed by atoms with E-state index in [1.54, 1.807) is 0 Å². The van der Waals surface area contributed by atoms with E-state index in [0.717, 1.165) is 30.8 Å². The summed E-state index contributed by atoms with van der Waals surface area (Å²) in [5, 5.41) is 3.82. The average molecular weight is 306 g/mol. The molecule has 1 heterocycles. The zero-order valence-corrected chi connectivity index (χ0v) is 14.5. The molecule has 0 aromatic rings. The molecule has 2 aliphatic carbocycles. The maximum Gasteiger partial charge on any atom is 0.225 e. The SMILES string of the molecule is CC(C)C(=O)N1CC(CC2CC2)CC(NCC2CCCC2)C1. The second-order valence-corrected chi connectivity index (χ2v) is 8.43. The van der Waals surface area contributed by atoms with Gasteiger partial charge in [-0.15, -0.1) is 0 Å². The van der Waals surface area contributed by atoms with Gasteiger partial charge in [0.2, 0.25) is 5.91 Å². The Hall–Kier alpha value is -0.570. The minimum atomic E-state index is 0.134. The number of carbonyl (C=O) groups is 1. The molecule has 0 bridgehead atoms. The van der Waals surface area contributed by atoms with Gasteiger partial charge in [0.05, 0.1) is 0 Å². The molecule has 3 nitrogen and oxygen atoms in total. The lowest BCUT2D eigenvalue weighted by atomic mass is 9.89. The highest BCUT2D eigenvalue weighted by molar-refractivity contribution is 5.78. The number of rotatable bonds is 6. The topological polar surface area (TPSA) is 32.3 Å². The van der Waals surface area contributed by atoms with Crippen molar-refractivity contribution in [2.24, 2.45) is 23.7 Å². The van der Waals surface area contributed by atoms with Crippen molar-refractivity contribution in [1.82, 2.24) is 10.2 Å². The molecule has 2 unspecified atom stereocenters.